The first-order valence-corrected chi connectivity index (χ1v) is 9.35. The topological polar surface area (TPSA) is 54.9 Å². The summed E-state index contributed by atoms with van der Waals surface area (Å²) in [6.07, 6.45) is 3.23. The number of thioether (sulfide) groups is 1. The van der Waals surface area contributed by atoms with E-state index in [2.05, 4.69) is 33.5 Å². The summed E-state index contributed by atoms with van der Waals surface area (Å²) >= 11 is 1.40. The second kappa shape index (κ2) is 7.34. The predicted octanol–water partition coefficient (Wildman–Crippen LogP) is 3.69. The van der Waals surface area contributed by atoms with Crippen molar-refractivity contribution in [2.45, 2.75) is 51.2 Å². The van der Waals surface area contributed by atoms with Gasteiger partial charge >= 0.3 is 0 Å². The highest BCUT2D eigenvalue weighted by Crippen LogP contribution is 2.29. The van der Waals surface area contributed by atoms with Crippen LogP contribution >= 0.6 is 11.8 Å². The monoisotopic (exact) mass is 341 g/mol. The van der Waals surface area contributed by atoms with Crippen LogP contribution in [0.2, 0.25) is 0 Å². The summed E-state index contributed by atoms with van der Waals surface area (Å²) in [5.41, 5.74) is 5.69. The normalized spacial score (nSPS) is 16.5. The van der Waals surface area contributed by atoms with Gasteiger partial charge in [-0.3, -0.25) is 4.79 Å². The average molecular weight is 341 g/mol. The fourth-order valence-corrected chi connectivity index (χ4v) is 3.82. The van der Waals surface area contributed by atoms with Gasteiger partial charge in [-0.05, 0) is 56.7 Å². The molecule has 24 heavy (non-hydrogen) atoms. The number of nitrogens with one attached hydrogen (secondary N) is 1. The predicted molar refractivity (Wildman–Crippen MR) is 97.2 cm³/mol. The quantitative estimate of drug-likeness (QED) is 0.681. The van der Waals surface area contributed by atoms with Crippen molar-refractivity contribution in [1.82, 2.24) is 15.3 Å². The minimum Gasteiger partial charge on any atom is -0.349 e. The third kappa shape index (κ3) is 3.78. The maximum absolute atomic E-state index is 12.3. The molecule has 1 aliphatic rings. The number of aryl methyl sites for hydroxylation is 3. The summed E-state index contributed by atoms with van der Waals surface area (Å²) in [5, 5.41) is 3.85. The molecule has 0 fully saturated rings. The molecule has 1 aliphatic carbocycles. The smallest absolute Gasteiger partial charge is 0.230 e. The van der Waals surface area contributed by atoms with Crippen LogP contribution in [0.25, 0.3) is 0 Å². The van der Waals surface area contributed by atoms with Gasteiger partial charge in [0.25, 0.3) is 0 Å². The largest absolute Gasteiger partial charge is 0.349 e. The molecule has 0 unspecified atom stereocenters. The molecule has 0 saturated carbocycles. The van der Waals surface area contributed by atoms with Crippen molar-refractivity contribution in [2.75, 3.05) is 5.75 Å². The van der Waals surface area contributed by atoms with Gasteiger partial charge in [-0.25, -0.2) is 9.97 Å². The Morgan fingerprint density at radius 1 is 1.21 bits per heavy atom. The zero-order valence-electron chi connectivity index (χ0n) is 14.4. The van der Waals surface area contributed by atoms with Crippen LogP contribution in [0.5, 0.6) is 0 Å². The highest BCUT2D eigenvalue weighted by molar-refractivity contribution is 7.99. The van der Waals surface area contributed by atoms with E-state index < -0.39 is 0 Å². The van der Waals surface area contributed by atoms with Crippen molar-refractivity contribution in [1.29, 1.82) is 0 Å². The lowest BCUT2D eigenvalue weighted by Gasteiger charge is -2.26. The third-order valence-corrected chi connectivity index (χ3v) is 5.50. The molecule has 2 aromatic rings. The van der Waals surface area contributed by atoms with Gasteiger partial charge in [0.15, 0.2) is 5.16 Å². The van der Waals surface area contributed by atoms with Crippen molar-refractivity contribution in [3.8, 4) is 0 Å². The molecule has 126 valence electrons. The van der Waals surface area contributed by atoms with Gasteiger partial charge in [0.2, 0.25) is 5.91 Å². The molecule has 0 bridgehead atoms. The molecule has 1 aromatic carbocycles. The number of hydrogen-bond acceptors (Lipinski definition) is 4. The number of rotatable bonds is 4. The first kappa shape index (κ1) is 17.0. The molecule has 0 saturated heterocycles. The molecule has 1 aromatic heterocycles. The minimum absolute atomic E-state index is 0.0428. The Bertz CT molecular complexity index is 737. The molecule has 1 atom stereocenters. The lowest BCUT2D eigenvalue weighted by Crippen LogP contribution is -2.32. The first-order chi connectivity index (χ1) is 11.5. The maximum Gasteiger partial charge on any atom is 0.230 e. The minimum atomic E-state index is 0.0428. The molecule has 5 heteroatoms. The van der Waals surface area contributed by atoms with Gasteiger partial charge in [0, 0.05) is 11.4 Å². The number of benzene rings is 1. The molecule has 3 rings (SSSR count). The van der Waals surface area contributed by atoms with Crippen molar-refractivity contribution < 1.29 is 4.79 Å². The van der Waals surface area contributed by atoms with Crippen molar-refractivity contribution in [2.24, 2.45) is 0 Å². The van der Waals surface area contributed by atoms with E-state index in [0.717, 1.165) is 36.2 Å². The molecule has 0 radical (unpaired) electrons. The highest BCUT2D eigenvalue weighted by Gasteiger charge is 2.21. The zero-order valence-corrected chi connectivity index (χ0v) is 15.2. The number of carbonyl (C=O) groups excluding carboxylic acids is 1. The van der Waals surface area contributed by atoms with E-state index in [-0.39, 0.29) is 11.9 Å². The molecule has 4 nitrogen and oxygen atoms in total. The van der Waals surface area contributed by atoms with Gasteiger partial charge < -0.3 is 5.32 Å². The van der Waals surface area contributed by atoms with Crippen molar-refractivity contribution in [3.05, 3.63) is 52.3 Å². The SMILES string of the molecule is Cc1nc(SCC(=O)N[C@H]2CCCc3ccccc32)nc(C)c1C. The molecular formula is C19H23N3OS. The van der Waals surface area contributed by atoms with Gasteiger partial charge in [-0.2, -0.15) is 0 Å². The molecular weight excluding hydrogens is 318 g/mol. The summed E-state index contributed by atoms with van der Waals surface area (Å²) in [7, 11) is 0. The molecule has 1 N–H and O–H groups in total. The van der Waals surface area contributed by atoms with Gasteiger partial charge in [0.05, 0.1) is 11.8 Å². The summed E-state index contributed by atoms with van der Waals surface area (Å²) < 4.78 is 0. The van der Waals surface area contributed by atoms with Crippen LogP contribution in [-0.4, -0.2) is 21.6 Å². The number of aromatic nitrogens is 2. The maximum atomic E-state index is 12.3. The van der Waals surface area contributed by atoms with Crippen LogP contribution in [0.1, 0.15) is 47.0 Å². The molecule has 1 heterocycles. The first-order valence-electron chi connectivity index (χ1n) is 8.36. The Labute approximate surface area is 147 Å². The number of nitrogens with zero attached hydrogens (tertiary/aromatic N) is 2. The van der Waals surface area contributed by atoms with Crippen LogP contribution in [0, 0.1) is 20.8 Å². The lowest BCUT2D eigenvalue weighted by molar-refractivity contribution is -0.119. The van der Waals surface area contributed by atoms with E-state index in [9.17, 15) is 4.79 Å². The van der Waals surface area contributed by atoms with Crippen molar-refractivity contribution >= 4 is 17.7 Å². The summed E-state index contributed by atoms with van der Waals surface area (Å²) in [6.45, 7) is 5.98. The number of hydrogen-bond donors (Lipinski definition) is 1. The van der Waals surface area contributed by atoms with E-state index in [1.165, 1.54) is 22.9 Å². The van der Waals surface area contributed by atoms with Crippen LogP contribution in [-0.2, 0) is 11.2 Å². The van der Waals surface area contributed by atoms with Crippen LogP contribution in [0.15, 0.2) is 29.4 Å². The van der Waals surface area contributed by atoms with E-state index >= 15 is 0 Å². The van der Waals surface area contributed by atoms with E-state index in [1.807, 2.05) is 26.8 Å². The Morgan fingerprint density at radius 3 is 2.67 bits per heavy atom. The molecule has 1 amide bonds. The Kier molecular flexibility index (Phi) is 5.19. The second-order valence-electron chi connectivity index (χ2n) is 6.30. The third-order valence-electron chi connectivity index (χ3n) is 4.65. The summed E-state index contributed by atoms with van der Waals surface area (Å²) in [5.74, 6) is 0.391. The van der Waals surface area contributed by atoms with Crippen LogP contribution in [0.3, 0.4) is 0 Å². The highest BCUT2D eigenvalue weighted by atomic mass is 32.2. The van der Waals surface area contributed by atoms with E-state index in [0.29, 0.717) is 10.9 Å². The van der Waals surface area contributed by atoms with Gasteiger partial charge in [-0.15, -0.1) is 0 Å². The van der Waals surface area contributed by atoms with E-state index in [4.69, 9.17) is 0 Å². The standard InChI is InChI=1S/C19H23N3OS/c1-12-13(2)20-19(21-14(12)3)24-11-18(23)22-17-10-6-8-15-7-4-5-9-16(15)17/h4-5,7,9,17H,6,8,10-11H2,1-3H3,(H,22,23)/t17-/m0/s1. The lowest BCUT2D eigenvalue weighted by atomic mass is 9.88. The van der Waals surface area contributed by atoms with E-state index in [1.54, 1.807) is 0 Å². The Hall–Kier alpha value is -1.88. The number of carbonyl (C=O) groups is 1. The average Bonchev–Trinajstić information content (AvgIpc) is 2.58. The zero-order chi connectivity index (χ0) is 17.1. The number of amides is 1. The van der Waals surface area contributed by atoms with Crippen molar-refractivity contribution in [3.63, 3.8) is 0 Å². The Morgan fingerprint density at radius 2 is 1.92 bits per heavy atom. The second-order valence-corrected chi connectivity index (χ2v) is 7.24. The molecule has 0 aliphatic heterocycles. The van der Waals surface area contributed by atoms with Gasteiger partial charge in [0.1, 0.15) is 0 Å². The summed E-state index contributed by atoms with van der Waals surface area (Å²) in [4.78, 5) is 21.3. The molecule has 0 spiro atoms. The fraction of sp³-hybridized carbons (Fsp3) is 0.421. The van der Waals surface area contributed by atoms with Gasteiger partial charge in [-0.1, -0.05) is 36.0 Å². The Balaban J connectivity index is 1.61. The fourth-order valence-electron chi connectivity index (χ4n) is 3.08. The summed E-state index contributed by atoms with van der Waals surface area (Å²) in [6, 6.07) is 8.53. The van der Waals surface area contributed by atoms with Crippen LogP contribution in [0.4, 0.5) is 0 Å². The number of fused-ring (bicyclic) bond motifs is 1. The van der Waals surface area contributed by atoms with Crippen LogP contribution < -0.4 is 5.32 Å².